The minimum atomic E-state index is -0.0948. The van der Waals surface area contributed by atoms with Gasteiger partial charge in [0.25, 0.3) is 5.91 Å². The lowest BCUT2D eigenvalue weighted by Gasteiger charge is -2.18. The SMILES string of the molecule is CCC(C)Oc1cc(C)ccc1CNC(=NC)NCc1cccc(C(=O)NC)c1.I. The summed E-state index contributed by atoms with van der Waals surface area (Å²) in [7, 11) is 3.37. The Morgan fingerprint density at radius 2 is 1.87 bits per heavy atom. The van der Waals surface area contributed by atoms with E-state index in [-0.39, 0.29) is 36.0 Å². The van der Waals surface area contributed by atoms with Crippen LogP contribution in [-0.4, -0.2) is 32.1 Å². The van der Waals surface area contributed by atoms with Crippen molar-refractivity contribution in [2.45, 2.75) is 46.4 Å². The van der Waals surface area contributed by atoms with Gasteiger partial charge < -0.3 is 20.7 Å². The number of carbonyl (C=O) groups excluding carboxylic acids is 1. The molecule has 3 N–H and O–H groups in total. The molecule has 164 valence electrons. The summed E-state index contributed by atoms with van der Waals surface area (Å²) in [6.45, 7) is 7.42. The Morgan fingerprint density at radius 1 is 1.13 bits per heavy atom. The minimum Gasteiger partial charge on any atom is -0.490 e. The number of guanidine groups is 1. The normalized spacial score (nSPS) is 11.8. The lowest BCUT2D eigenvalue weighted by Crippen LogP contribution is -2.36. The maximum Gasteiger partial charge on any atom is 0.251 e. The van der Waals surface area contributed by atoms with Crippen molar-refractivity contribution < 1.29 is 9.53 Å². The van der Waals surface area contributed by atoms with Crippen LogP contribution in [-0.2, 0) is 13.1 Å². The molecule has 1 unspecified atom stereocenters. The second-order valence-corrected chi connectivity index (χ2v) is 7.01. The zero-order valence-corrected chi connectivity index (χ0v) is 20.7. The molecule has 0 fully saturated rings. The third-order valence-electron chi connectivity index (χ3n) is 4.67. The molecule has 2 rings (SSSR count). The van der Waals surface area contributed by atoms with Gasteiger partial charge in [-0.15, -0.1) is 24.0 Å². The van der Waals surface area contributed by atoms with Crippen molar-refractivity contribution in [1.29, 1.82) is 0 Å². The van der Waals surface area contributed by atoms with Crippen LogP contribution in [0.1, 0.15) is 47.3 Å². The first-order chi connectivity index (χ1) is 14.0. The summed E-state index contributed by atoms with van der Waals surface area (Å²) in [4.78, 5) is 16.1. The van der Waals surface area contributed by atoms with Gasteiger partial charge in [0.1, 0.15) is 5.75 Å². The molecule has 0 aromatic heterocycles. The lowest BCUT2D eigenvalue weighted by atomic mass is 10.1. The summed E-state index contributed by atoms with van der Waals surface area (Å²) in [6.07, 6.45) is 1.12. The van der Waals surface area contributed by atoms with E-state index in [1.165, 1.54) is 5.56 Å². The Morgan fingerprint density at radius 3 is 2.53 bits per heavy atom. The number of hydrogen-bond donors (Lipinski definition) is 3. The molecule has 0 saturated carbocycles. The fraction of sp³-hybridized carbons (Fsp3) is 0.391. The molecule has 0 saturated heterocycles. The Hall–Kier alpha value is -2.29. The maximum absolute atomic E-state index is 11.8. The van der Waals surface area contributed by atoms with E-state index in [9.17, 15) is 4.79 Å². The zero-order chi connectivity index (χ0) is 21.2. The molecule has 0 aliphatic rings. The van der Waals surface area contributed by atoms with Gasteiger partial charge in [-0.1, -0.05) is 31.2 Å². The molecule has 2 aromatic carbocycles. The number of benzene rings is 2. The molecule has 30 heavy (non-hydrogen) atoms. The average molecular weight is 524 g/mol. The van der Waals surface area contributed by atoms with E-state index in [1.54, 1.807) is 20.2 Å². The van der Waals surface area contributed by atoms with Gasteiger partial charge in [0.2, 0.25) is 0 Å². The predicted molar refractivity (Wildman–Crippen MR) is 134 cm³/mol. The Bertz CT molecular complexity index is 855. The monoisotopic (exact) mass is 524 g/mol. The van der Waals surface area contributed by atoms with Gasteiger partial charge in [-0.05, 0) is 49.6 Å². The highest BCUT2D eigenvalue weighted by molar-refractivity contribution is 14.0. The lowest BCUT2D eigenvalue weighted by molar-refractivity contribution is 0.0963. The molecular formula is C23H33IN4O2. The average Bonchev–Trinajstić information content (AvgIpc) is 2.74. The molecule has 6 nitrogen and oxygen atoms in total. The third-order valence-corrected chi connectivity index (χ3v) is 4.67. The number of amides is 1. The third kappa shape index (κ3) is 7.85. The van der Waals surface area contributed by atoms with Crippen LogP contribution in [0.15, 0.2) is 47.5 Å². The Balaban J connectivity index is 0.00000450. The van der Waals surface area contributed by atoms with E-state index in [4.69, 9.17) is 4.74 Å². The molecule has 1 amide bonds. The van der Waals surface area contributed by atoms with E-state index >= 15 is 0 Å². The first-order valence-electron chi connectivity index (χ1n) is 9.98. The molecule has 7 heteroatoms. The summed E-state index contributed by atoms with van der Waals surface area (Å²) in [5, 5.41) is 9.27. The summed E-state index contributed by atoms with van der Waals surface area (Å²) in [6, 6.07) is 13.8. The fourth-order valence-corrected chi connectivity index (χ4v) is 2.77. The van der Waals surface area contributed by atoms with E-state index in [0.717, 1.165) is 23.3 Å². The predicted octanol–water partition coefficient (Wildman–Crippen LogP) is 4.02. The standard InChI is InChI=1S/C23H32N4O2.HI/c1-6-17(3)29-21-12-16(2)10-11-20(21)15-27-23(25-5)26-14-18-8-7-9-19(13-18)22(28)24-4;/h7-13,17H,6,14-15H2,1-5H3,(H,24,28)(H2,25,26,27);1H. The van der Waals surface area contributed by atoms with Crippen LogP contribution in [0.5, 0.6) is 5.75 Å². The minimum absolute atomic E-state index is 0. The van der Waals surface area contributed by atoms with Crippen molar-refractivity contribution in [3.8, 4) is 5.75 Å². The van der Waals surface area contributed by atoms with Crippen LogP contribution in [0.3, 0.4) is 0 Å². The van der Waals surface area contributed by atoms with Crippen molar-refractivity contribution >= 4 is 35.8 Å². The van der Waals surface area contributed by atoms with Gasteiger partial charge in [0, 0.05) is 38.3 Å². The van der Waals surface area contributed by atoms with Crippen LogP contribution < -0.4 is 20.7 Å². The zero-order valence-electron chi connectivity index (χ0n) is 18.4. The molecule has 1 atom stereocenters. The number of nitrogens with zero attached hydrogens (tertiary/aromatic N) is 1. The molecule has 0 aliphatic carbocycles. The first kappa shape index (κ1) is 25.7. The molecule has 0 aliphatic heterocycles. The molecule has 0 spiro atoms. The molecule has 0 bridgehead atoms. The molecule has 2 aromatic rings. The molecular weight excluding hydrogens is 491 g/mol. The summed E-state index contributed by atoms with van der Waals surface area (Å²) in [5.41, 5.74) is 3.90. The number of rotatable bonds is 8. The Kier molecular flexibility index (Phi) is 11.2. The summed E-state index contributed by atoms with van der Waals surface area (Å²) in [5.74, 6) is 1.49. The number of hydrogen-bond acceptors (Lipinski definition) is 3. The van der Waals surface area contributed by atoms with Crippen LogP contribution in [0.25, 0.3) is 0 Å². The number of ether oxygens (including phenoxy) is 1. The van der Waals surface area contributed by atoms with Crippen molar-refractivity contribution in [2.24, 2.45) is 4.99 Å². The largest absolute Gasteiger partial charge is 0.490 e. The smallest absolute Gasteiger partial charge is 0.251 e. The summed E-state index contributed by atoms with van der Waals surface area (Å²) >= 11 is 0. The van der Waals surface area contributed by atoms with Crippen molar-refractivity contribution in [3.63, 3.8) is 0 Å². The topological polar surface area (TPSA) is 74.8 Å². The van der Waals surface area contributed by atoms with Gasteiger partial charge in [0.15, 0.2) is 5.96 Å². The van der Waals surface area contributed by atoms with Crippen LogP contribution in [0, 0.1) is 6.92 Å². The van der Waals surface area contributed by atoms with Crippen LogP contribution >= 0.6 is 24.0 Å². The quantitative estimate of drug-likeness (QED) is 0.277. The van der Waals surface area contributed by atoms with Gasteiger partial charge in [-0.25, -0.2) is 0 Å². The number of aryl methyl sites for hydroxylation is 1. The second-order valence-electron chi connectivity index (χ2n) is 7.01. The van der Waals surface area contributed by atoms with E-state index < -0.39 is 0 Å². The number of halogens is 1. The van der Waals surface area contributed by atoms with Gasteiger partial charge in [-0.3, -0.25) is 9.79 Å². The van der Waals surface area contributed by atoms with Crippen molar-refractivity contribution in [2.75, 3.05) is 14.1 Å². The van der Waals surface area contributed by atoms with E-state index in [1.807, 2.05) is 18.2 Å². The van der Waals surface area contributed by atoms with Gasteiger partial charge in [0.05, 0.1) is 6.10 Å². The number of nitrogens with one attached hydrogen (secondary N) is 3. The van der Waals surface area contributed by atoms with E-state index in [2.05, 4.69) is 59.9 Å². The van der Waals surface area contributed by atoms with Crippen LogP contribution in [0.2, 0.25) is 0 Å². The highest BCUT2D eigenvalue weighted by Gasteiger charge is 2.09. The highest BCUT2D eigenvalue weighted by Crippen LogP contribution is 2.22. The first-order valence-corrected chi connectivity index (χ1v) is 9.98. The fourth-order valence-electron chi connectivity index (χ4n) is 2.77. The van der Waals surface area contributed by atoms with Crippen molar-refractivity contribution in [1.82, 2.24) is 16.0 Å². The molecule has 0 heterocycles. The highest BCUT2D eigenvalue weighted by atomic mass is 127. The van der Waals surface area contributed by atoms with Crippen LogP contribution in [0.4, 0.5) is 0 Å². The van der Waals surface area contributed by atoms with Gasteiger partial charge in [-0.2, -0.15) is 0 Å². The maximum atomic E-state index is 11.8. The van der Waals surface area contributed by atoms with E-state index in [0.29, 0.717) is 24.6 Å². The number of carbonyl (C=O) groups is 1. The number of aliphatic imine (C=N–C) groups is 1. The molecule has 0 radical (unpaired) electrons. The second kappa shape index (κ2) is 13.1. The van der Waals surface area contributed by atoms with Crippen molar-refractivity contribution in [3.05, 3.63) is 64.7 Å². The summed E-state index contributed by atoms with van der Waals surface area (Å²) < 4.78 is 6.08. The Labute approximate surface area is 196 Å². The van der Waals surface area contributed by atoms with Gasteiger partial charge >= 0.3 is 0 Å².